The van der Waals surface area contributed by atoms with Gasteiger partial charge in [-0.2, -0.15) is 0 Å². The number of amides is 1. The Balaban J connectivity index is 1.74. The van der Waals surface area contributed by atoms with Crippen LogP contribution in [0.5, 0.6) is 0 Å². The van der Waals surface area contributed by atoms with Crippen LogP contribution < -0.4 is 0 Å². The summed E-state index contributed by atoms with van der Waals surface area (Å²) in [4.78, 5) is 22.5. The van der Waals surface area contributed by atoms with Crippen LogP contribution in [-0.2, 0) is 6.54 Å². The van der Waals surface area contributed by atoms with Gasteiger partial charge in [0.2, 0.25) is 0 Å². The standard InChI is InChI=1S/C16H15N3O2S/c1-11-5-6-14(21-11)15-18-13(10-22-15)16(20)19(2)9-12-4-3-7-17-8-12/h3-8,10H,9H2,1-2H3. The molecule has 22 heavy (non-hydrogen) atoms. The first kappa shape index (κ1) is 14.5. The van der Waals surface area contributed by atoms with Crippen LogP contribution in [0, 0.1) is 6.92 Å². The van der Waals surface area contributed by atoms with E-state index in [2.05, 4.69) is 9.97 Å². The predicted octanol–water partition coefficient (Wildman–Crippen LogP) is 3.38. The molecule has 5 nitrogen and oxygen atoms in total. The third-order valence-electron chi connectivity index (χ3n) is 3.16. The van der Waals surface area contributed by atoms with E-state index in [0.717, 1.165) is 11.3 Å². The molecule has 0 radical (unpaired) electrons. The number of carbonyl (C=O) groups is 1. The highest BCUT2D eigenvalue weighted by molar-refractivity contribution is 7.13. The molecule has 3 aromatic rings. The van der Waals surface area contributed by atoms with Gasteiger partial charge in [-0.3, -0.25) is 9.78 Å². The molecule has 6 heteroatoms. The van der Waals surface area contributed by atoms with Crippen molar-refractivity contribution in [1.82, 2.24) is 14.9 Å². The fourth-order valence-electron chi connectivity index (χ4n) is 2.07. The molecule has 0 aromatic carbocycles. The average Bonchev–Trinajstić information content (AvgIpc) is 3.16. The lowest BCUT2D eigenvalue weighted by Crippen LogP contribution is -2.26. The van der Waals surface area contributed by atoms with Gasteiger partial charge in [0, 0.05) is 31.4 Å². The lowest BCUT2D eigenvalue weighted by Gasteiger charge is -2.15. The summed E-state index contributed by atoms with van der Waals surface area (Å²) in [6, 6.07) is 7.54. The molecule has 0 unspecified atom stereocenters. The van der Waals surface area contributed by atoms with Crippen molar-refractivity contribution in [2.24, 2.45) is 0 Å². The van der Waals surface area contributed by atoms with E-state index in [1.54, 1.807) is 29.7 Å². The van der Waals surface area contributed by atoms with Crippen molar-refractivity contribution >= 4 is 17.2 Å². The predicted molar refractivity (Wildman–Crippen MR) is 84.6 cm³/mol. The normalized spacial score (nSPS) is 10.6. The zero-order chi connectivity index (χ0) is 15.5. The molecule has 0 bridgehead atoms. The molecular formula is C16H15N3O2S. The maximum Gasteiger partial charge on any atom is 0.273 e. The van der Waals surface area contributed by atoms with Crippen LogP contribution in [0.4, 0.5) is 0 Å². The fraction of sp³-hybridized carbons (Fsp3) is 0.188. The Kier molecular flexibility index (Phi) is 4.02. The Bertz CT molecular complexity index is 780. The second-order valence-electron chi connectivity index (χ2n) is 4.97. The minimum atomic E-state index is -0.116. The summed E-state index contributed by atoms with van der Waals surface area (Å²) in [5.41, 5.74) is 1.41. The van der Waals surface area contributed by atoms with E-state index >= 15 is 0 Å². The number of aromatic nitrogens is 2. The van der Waals surface area contributed by atoms with Gasteiger partial charge in [0.1, 0.15) is 11.5 Å². The molecule has 0 saturated heterocycles. The third kappa shape index (κ3) is 3.07. The van der Waals surface area contributed by atoms with Crippen LogP contribution in [0.1, 0.15) is 21.8 Å². The van der Waals surface area contributed by atoms with Gasteiger partial charge in [-0.05, 0) is 30.7 Å². The summed E-state index contributed by atoms with van der Waals surface area (Å²) in [5.74, 6) is 1.40. The Morgan fingerprint density at radius 3 is 2.91 bits per heavy atom. The highest BCUT2D eigenvalue weighted by Crippen LogP contribution is 2.26. The molecule has 0 N–H and O–H groups in total. The average molecular weight is 313 g/mol. The van der Waals surface area contributed by atoms with Gasteiger partial charge in [0.15, 0.2) is 10.8 Å². The Morgan fingerprint density at radius 2 is 2.23 bits per heavy atom. The summed E-state index contributed by atoms with van der Waals surface area (Å²) in [5, 5.41) is 2.47. The molecule has 0 spiro atoms. The fourth-order valence-corrected chi connectivity index (χ4v) is 2.82. The van der Waals surface area contributed by atoms with Gasteiger partial charge in [-0.25, -0.2) is 4.98 Å². The van der Waals surface area contributed by atoms with Gasteiger partial charge in [0.25, 0.3) is 5.91 Å². The maximum absolute atomic E-state index is 12.4. The van der Waals surface area contributed by atoms with Crippen LogP contribution in [0.2, 0.25) is 0 Å². The number of hydrogen-bond acceptors (Lipinski definition) is 5. The lowest BCUT2D eigenvalue weighted by molar-refractivity contribution is 0.0780. The molecule has 0 aliphatic rings. The number of furan rings is 1. The molecule has 3 aromatic heterocycles. The Morgan fingerprint density at radius 1 is 1.36 bits per heavy atom. The summed E-state index contributed by atoms with van der Waals surface area (Å²) < 4.78 is 5.53. The minimum Gasteiger partial charge on any atom is -0.459 e. The van der Waals surface area contributed by atoms with Gasteiger partial charge in [-0.1, -0.05) is 6.07 Å². The SMILES string of the molecule is Cc1ccc(-c2nc(C(=O)N(C)Cc3cccnc3)cs2)o1. The van der Waals surface area contributed by atoms with E-state index in [1.165, 1.54) is 11.3 Å². The number of pyridine rings is 1. The van der Waals surface area contributed by atoms with E-state index in [9.17, 15) is 4.79 Å². The first-order valence-corrected chi connectivity index (χ1v) is 7.68. The highest BCUT2D eigenvalue weighted by atomic mass is 32.1. The zero-order valence-electron chi connectivity index (χ0n) is 12.3. The first-order valence-electron chi connectivity index (χ1n) is 6.80. The molecule has 0 saturated carbocycles. The molecule has 0 aliphatic carbocycles. The van der Waals surface area contributed by atoms with Crippen LogP contribution >= 0.6 is 11.3 Å². The Labute approximate surface area is 132 Å². The van der Waals surface area contributed by atoms with Crippen molar-refractivity contribution in [2.45, 2.75) is 13.5 Å². The highest BCUT2D eigenvalue weighted by Gasteiger charge is 2.17. The monoisotopic (exact) mass is 313 g/mol. The second-order valence-corrected chi connectivity index (χ2v) is 5.83. The summed E-state index contributed by atoms with van der Waals surface area (Å²) in [6.45, 7) is 2.38. The number of hydrogen-bond donors (Lipinski definition) is 0. The summed E-state index contributed by atoms with van der Waals surface area (Å²) in [6.07, 6.45) is 3.46. The molecule has 1 amide bonds. The van der Waals surface area contributed by atoms with E-state index in [4.69, 9.17) is 4.42 Å². The molecule has 0 atom stereocenters. The number of thiazole rings is 1. The number of carbonyl (C=O) groups excluding carboxylic acids is 1. The maximum atomic E-state index is 12.4. The zero-order valence-corrected chi connectivity index (χ0v) is 13.1. The van der Waals surface area contributed by atoms with E-state index < -0.39 is 0 Å². The smallest absolute Gasteiger partial charge is 0.273 e. The first-order chi connectivity index (χ1) is 10.6. The van der Waals surface area contributed by atoms with Gasteiger partial charge in [-0.15, -0.1) is 11.3 Å². The van der Waals surface area contributed by atoms with Crippen LogP contribution in [0.3, 0.4) is 0 Å². The molecule has 3 heterocycles. The largest absolute Gasteiger partial charge is 0.459 e. The van der Waals surface area contributed by atoms with Gasteiger partial charge >= 0.3 is 0 Å². The second kappa shape index (κ2) is 6.11. The molecular weight excluding hydrogens is 298 g/mol. The van der Waals surface area contributed by atoms with Gasteiger partial charge < -0.3 is 9.32 Å². The van der Waals surface area contributed by atoms with Crippen molar-refractivity contribution in [3.8, 4) is 10.8 Å². The molecule has 3 rings (SSSR count). The Hall–Kier alpha value is -2.47. The molecule has 112 valence electrons. The molecule has 0 aliphatic heterocycles. The van der Waals surface area contributed by atoms with Crippen LogP contribution in [-0.4, -0.2) is 27.8 Å². The van der Waals surface area contributed by atoms with Crippen molar-refractivity contribution < 1.29 is 9.21 Å². The van der Waals surface area contributed by atoms with E-state index in [0.29, 0.717) is 23.0 Å². The van der Waals surface area contributed by atoms with Crippen molar-refractivity contribution in [3.63, 3.8) is 0 Å². The number of rotatable bonds is 4. The molecule has 0 fully saturated rings. The van der Waals surface area contributed by atoms with Gasteiger partial charge in [0.05, 0.1) is 0 Å². The van der Waals surface area contributed by atoms with Crippen molar-refractivity contribution in [1.29, 1.82) is 0 Å². The van der Waals surface area contributed by atoms with E-state index in [-0.39, 0.29) is 5.91 Å². The number of aryl methyl sites for hydroxylation is 1. The topological polar surface area (TPSA) is 59.2 Å². The lowest BCUT2D eigenvalue weighted by atomic mass is 10.2. The number of nitrogens with zero attached hydrogens (tertiary/aromatic N) is 3. The van der Waals surface area contributed by atoms with E-state index in [1.807, 2.05) is 31.2 Å². The van der Waals surface area contributed by atoms with Crippen molar-refractivity contribution in [3.05, 3.63) is 59.1 Å². The minimum absolute atomic E-state index is 0.116. The van der Waals surface area contributed by atoms with Crippen LogP contribution in [0.25, 0.3) is 10.8 Å². The summed E-state index contributed by atoms with van der Waals surface area (Å²) >= 11 is 1.40. The van der Waals surface area contributed by atoms with Crippen molar-refractivity contribution in [2.75, 3.05) is 7.05 Å². The quantitative estimate of drug-likeness (QED) is 0.741. The summed E-state index contributed by atoms with van der Waals surface area (Å²) in [7, 11) is 1.76. The van der Waals surface area contributed by atoms with Crippen LogP contribution in [0.15, 0.2) is 46.5 Å². The third-order valence-corrected chi connectivity index (χ3v) is 4.02.